The molecule has 1 saturated heterocycles. The van der Waals surface area contributed by atoms with E-state index >= 15 is 0 Å². The van der Waals surface area contributed by atoms with Crippen molar-refractivity contribution in [3.8, 4) is 17.2 Å². The number of hydrogen-bond donors (Lipinski definition) is 4. The number of pyridine rings is 1. The number of aromatic hydroxyl groups is 2. The number of ether oxygens (including phenoxy) is 5. The number of Topliss-reactive ketones (excluding diaryl/α,β-unsaturated/α-hetero) is 1. The minimum atomic E-state index is -1.88. The highest BCUT2D eigenvalue weighted by molar-refractivity contribution is 6.28. The molecule has 13 nitrogen and oxygen atoms in total. The number of allylic oxidation sites excluding steroid dienone is 2. The number of ketones is 1. The van der Waals surface area contributed by atoms with Gasteiger partial charge in [-0.1, -0.05) is 45.9 Å². The molecular weight excluding hydrogens is 730 g/mol. The SMILES string of the molecule is COC1C=COC2(C)Oc3c(C)c(O)c4c(O)c(c5c(nc6cc(C)ccn65)c4c3C2=O)NC(=O)C(C)=CC=CC2(C)OC(C(C)C(O)C(C)C(OC)C1C)C2C. The van der Waals surface area contributed by atoms with Gasteiger partial charge in [0.25, 0.3) is 11.7 Å². The first-order valence-corrected chi connectivity index (χ1v) is 19.4. The average molecular weight is 784 g/mol. The van der Waals surface area contributed by atoms with Crippen LogP contribution >= 0.6 is 0 Å². The van der Waals surface area contributed by atoms with Crippen molar-refractivity contribution in [2.24, 2.45) is 23.7 Å². The lowest BCUT2D eigenvalue weighted by Gasteiger charge is -2.54. The van der Waals surface area contributed by atoms with Crippen LogP contribution < -0.4 is 10.1 Å². The van der Waals surface area contributed by atoms with E-state index in [0.717, 1.165) is 5.56 Å². The molecule has 0 aliphatic carbocycles. The summed E-state index contributed by atoms with van der Waals surface area (Å²) in [6, 6.07) is 3.70. The zero-order valence-electron chi connectivity index (χ0n) is 34.3. The van der Waals surface area contributed by atoms with Crippen LogP contribution in [0.15, 0.2) is 54.5 Å². The van der Waals surface area contributed by atoms with E-state index in [-0.39, 0.29) is 74.4 Å². The smallest absolute Gasteiger partial charge is 0.312 e. The van der Waals surface area contributed by atoms with E-state index in [4.69, 9.17) is 28.7 Å². The molecule has 10 rings (SSSR count). The Balaban J connectivity index is 1.42. The third-order valence-corrected chi connectivity index (χ3v) is 12.7. The number of imidazole rings is 1. The van der Waals surface area contributed by atoms with E-state index in [0.29, 0.717) is 16.7 Å². The summed E-state index contributed by atoms with van der Waals surface area (Å²) >= 11 is 0. The van der Waals surface area contributed by atoms with Gasteiger partial charge in [-0.15, -0.1) is 0 Å². The van der Waals surface area contributed by atoms with Gasteiger partial charge in [0.2, 0.25) is 0 Å². The number of nitrogens with one attached hydrogen (secondary N) is 1. The summed E-state index contributed by atoms with van der Waals surface area (Å²) in [6.45, 7) is 16.6. The Bertz CT molecular complexity index is 2400. The molecule has 0 spiro atoms. The molecule has 1 fully saturated rings. The second-order valence-corrected chi connectivity index (χ2v) is 16.4. The molecule has 4 N–H and O–H groups in total. The van der Waals surface area contributed by atoms with Gasteiger partial charge in [0.15, 0.2) is 5.75 Å². The minimum Gasteiger partial charge on any atom is -0.507 e. The standard InChI is InChI=1S/C44H53N3O10/c1-20-14-17-47-28(19-20)45-32-29-30-36(49)25(6)40-31(29)41(51)44(9,57-40)55-18-15-27(53-10)22(3)38(54-11)23(4)35(48)24(5)39-26(7)43(8,56-39)16-12-13-21(2)42(52)46-33(34(32)47)37(30)50/h12-19,22-24,26-27,35,38-39,48-50H,1-11H3,(H,46,52). The number of aliphatic hydroxyl groups is 1. The van der Waals surface area contributed by atoms with E-state index in [1.54, 1.807) is 56.9 Å². The summed E-state index contributed by atoms with van der Waals surface area (Å²) in [5, 5.41) is 38.4. The molecule has 7 bridgehead atoms. The van der Waals surface area contributed by atoms with Gasteiger partial charge in [0.05, 0.1) is 47.2 Å². The molecule has 6 aliphatic rings. The van der Waals surface area contributed by atoms with Crippen LogP contribution in [0.5, 0.6) is 17.2 Å². The molecular formula is C44H53N3O10. The predicted octanol–water partition coefficient (Wildman–Crippen LogP) is 7.04. The van der Waals surface area contributed by atoms with Crippen molar-refractivity contribution in [2.75, 3.05) is 19.5 Å². The lowest BCUT2D eigenvalue weighted by atomic mass is 9.70. The molecule has 8 heterocycles. The maximum Gasteiger partial charge on any atom is 0.312 e. The van der Waals surface area contributed by atoms with Crippen LogP contribution in [-0.2, 0) is 23.7 Å². The molecule has 2 aromatic carbocycles. The number of carbonyl (C=O) groups excluding carboxylic acids is 2. The quantitative estimate of drug-likeness (QED) is 0.154. The lowest BCUT2D eigenvalue weighted by molar-refractivity contribution is -0.251. The number of anilines is 1. The fourth-order valence-corrected chi connectivity index (χ4v) is 8.97. The number of aromatic nitrogens is 2. The minimum absolute atomic E-state index is 0.00526. The number of aryl methyl sites for hydroxylation is 1. The van der Waals surface area contributed by atoms with Gasteiger partial charge in [-0.3, -0.25) is 14.0 Å². The Morgan fingerprint density at radius 1 is 0.965 bits per heavy atom. The van der Waals surface area contributed by atoms with Crippen LogP contribution in [-0.4, -0.2) is 86.4 Å². The molecule has 0 radical (unpaired) electrons. The number of amides is 1. The first kappa shape index (κ1) is 40.3. The van der Waals surface area contributed by atoms with E-state index in [9.17, 15) is 24.9 Å². The van der Waals surface area contributed by atoms with Gasteiger partial charge in [-0.25, -0.2) is 4.98 Å². The van der Waals surface area contributed by atoms with E-state index < -0.39 is 47.1 Å². The molecule has 304 valence electrons. The number of phenols is 2. The molecule has 0 saturated carbocycles. The summed E-state index contributed by atoms with van der Waals surface area (Å²) in [4.78, 5) is 33.4. The monoisotopic (exact) mass is 783 g/mol. The molecule has 10 atom stereocenters. The Kier molecular flexibility index (Phi) is 10.2. The fourth-order valence-electron chi connectivity index (χ4n) is 8.97. The summed E-state index contributed by atoms with van der Waals surface area (Å²) in [7, 11) is 3.16. The first-order chi connectivity index (χ1) is 26.9. The number of nitrogens with zero attached hydrogens (tertiary/aromatic N) is 2. The number of methoxy groups -OCH3 is 2. The zero-order chi connectivity index (χ0) is 41.5. The molecule has 6 aliphatic heterocycles. The average Bonchev–Trinajstić information content (AvgIpc) is 3.68. The van der Waals surface area contributed by atoms with E-state index in [1.807, 2.05) is 52.8 Å². The number of fused-ring (bicyclic) bond motifs is 1. The molecule has 10 unspecified atom stereocenters. The highest BCUT2D eigenvalue weighted by atomic mass is 16.7. The number of benzene rings is 2. The summed E-state index contributed by atoms with van der Waals surface area (Å²) in [5.41, 5.74) is 1.91. The van der Waals surface area contributed by atoms with Gasteiger partial charge < -0.3 is 44.3 Å². The second kappa shape index (κ2) is 14.5. The lowest BCUT2D eigenvalue weighted by Crippen LogP contribution is -2.60. The molecule has 1 amide bonds. The molecule has 57 heavy (non-hydrogen) atoms. The first-order valence-electron chi connectivity index (χ1n) is 19.4. The van der Waals surface area contributed by atoms with Crippen LogP contribution in [0.4, 0.5) is 5.69 Å². The van der Waals surface area contributed by atoms with Crippen LogP contribution in [0, 0.1) is 37.5 Å². The summed E-state index contributed by atoms with van der Waals surface area (Å²) in [5.74, 6) is -4.47. The number of aliphatic hydroxyl groups excluding tert-OH is 1. The third-order valence-electron chi connectivity index (χ3n) is 12.7. The van der Waals surface area contributed by atoms with Gasteiger partial charge >= 0.3 is 5.79 Å². The van der Waals surface area contributed by atoms with Crippen molar-refractivity contribution in [2.45, 2.75) is 98.1 Å². The third kappa shape index (κ3) is 6.26. The van der Waals surface area contributed by atoms with Crippen LogP contribution in [0.25, 0.3) is 27.5 Å². The van der Waals surface area contributed by atoms with Crippen molar-refractivity contribution in [1.29, 1.82) is 0 Å². The number of phenolic OH excluding ortho intramolecular Hbond substituents is 2. The number of hydrogen-bond acceptors (Lipinski definition) is 11. The van der Waals surface area contributed by atoms with Crippen molar-refractivity contribution in [3.63, 3.8) is 0 Å². The Labute approximate surface area is 331 Å². The Morgan fingerprint density at radius 3 is 2.35 bits per heavy atom. The highest BCUT2D eigenvalue weighted by Crippen LogP contribution is 2.54. The van der Waals surface area contributed by atoms with Crippen molar-refractivity contribution in [1.82, 2.24) is 9.38 Å². The maximum atomic E-state index is 14.6. The summed E-state index contributed by atoms with van der Waals surface area (Å²) < 4.78 is 32.4. The zero-order valence-corrected chi connectivity index (χ0v) is 34.3. The predicted molar refractivity (Wildman–Crippen MR) is 216 cm³/mol. The van der Waals surface area contributed by atoms with Gasteiger partial charge in [0, 0.05) is 67.5 Å². The molecule has 13 heteroatoms. The van der Waals surface area contributed by atoms with Gasteiger partial charge in [-0.05, 0) is 51.5 Å². The topological polar surface area (TPSA) is 170 Å². The largest absolute Gasteiger partial charge is 0.507 e. The number of rotatable bonds is 2. The van der Waals surface area contributed by atoms with Crippen LogP contribution in [0.3, 0.4) is 0 Å². The van der Waals surface area contributed by atoms with Crippen molar-refractivity contribution < 1.29 is 48.6 Å². The van der Waals surface area contributed by atoms with Gasteiger partial charge in [0.1, 0.15) is 33.9 Å². The van der Waals surface area contributed by atoms with Crippen LogP contribution in [0.2, 0.25) is 0 Å². The van der Waals surface area contributed by atoms with Crippen LogP contribution in [0.1, 0.15) is 70.0 Å². The van der Waals surface area contributed by atoms with Gasteiger partial charge in [-0.2, -0.15) is 0 Å². The molecule has 2 aromatic heterocycles. The highest BCUT2D eigenvalue weighted by Gasteiger charge is 2.53. The Morgan fingerprint density at radius 2 is 1.68 bits per heavy atom. The van der Waals surface area contributed by atoms with E-state index in [1.165, 1.54) is 13.2 Å². The van der Waals surface area contributed by atoms with Crippen molar-refractivity contribution >= 4 is 44.8 Å². The maximum absolute atomic E-state index is 14.6. The fraction of sp³-hybridized carbons (Fsp3) is 0.477. The number of carbonyl (C=O) groups is 2. The molecule has 4 aromatic rings. The Hall–Kier alpha value is -4.95. The van der Waals surface area contributed by atoms with E-state index in [2.05, 4.69) is 12.2 Å². The van der Waals surface area contributed by atoms with Crippen molar-refractivity contribution in [3.05, 3.63) is 71.2 Å². The summed E-state index contributed by atoms with van der Waals surface area (Å²) in [6.07, 6.45) is 8.11. The normalized spacial score (nSPS) is 32.3. The second-order valence-electron chi connectivity index (χ2n) is 16.4.